The van der Waals surface area contributed by atoms with Gasteiger partial charge in [-0.25, -0.2) is 0 Å². The van der Waals surface area contributed by atoms with Gasteiger partial charge in [-0.1, -0.05) is 6.92 Å². The zero-order chi connectivity index (χ0) is 11.7. The molecule has 1 aliphatic heterocycles. The lowest BCUT2D eigenvalue weighted by Gasteiger charge is -2.16. The second kappa shape index (κ2) is 4.04. The van der Waals surface area contributed by atoms with E-state index < -0.39 is 0 Å². The van der Waals surface area contributed by atoms with E-state index in [4.69, 9.17) is 5.73 Å². The lowest BCUT2D eigenvalue weighted by Crippen LogP contribution is -2.14. The van der Waals surface area contributed by atoms with Crippen LogP contribution in [0, 0.1) is 0 Å². The SMILES string of the molecule is CCC(C)Nc1cc2c(cc1N)CC(=O)N2. The van der Waals surface area contributed by atoms with Crippen LogP contribution < -0.4 is 16.4 Å². The van der Waals surface area contributed by atoms with E-state index >= 15 is 0 Å². The molecule has 0 spiro atoms. The second-order valence-electron chi connectivity index (χ2n) is 4.28. The third kappa shape index (κ3) is 1.96. The second-order valence-corrected chi connectivity index (χ2v) is 4.28. The van der Waals surface area contributed by atoms with Crippen LogP contribution in [0.1, 0.15) is 25.8 Å². The van der Waals surface area contributed by atoms with E-state index in [2.05, 4.69) is 24.5 Å². The molecule has 1 heterocycles. The van der Waals surface area contributed by atoms with Gasteiger partial charge in [-0.3, -0.25) is 4.79 Å². The number of hydrogen-bond acceptors (Lipinski definition) is 3. The Bertz CT molecular complexity index is 429. The number of hydrogen-bond donors (Lipinski definition) is 3. The van der Waals surface area contributed by atoms with Gasteiger partial charge in [0.1, 0.15) is 0 Å². The number of nitrogens with two attached hydrogens (primary N) is 1. The minimum atomic E-state index is 0.0371. The van der Waals surface area contributed by atoms with E-state index in [1.54, 1.807) is 0 Å². The van der Waals surface area contributed by atoms with E-state index in [0.29, 0.717) is 18.2 Å². The molecule has 0 aromatic heterocycles. The molecule has 0 radical (unpaired) electrons. The maximum absolute atomic E-state index is 11.2. The first-order chi connectivity index (χ1) is 7.60. The van der Waals surface area contributed by atoms with Gasteiger partial charge < -0.3 is 16.4 Å². The summed E-state index contributed by atoms with van der Waals surface area (Å²) in [6, 6.07) is 4.16. The van der Waals surface area contributed by atoms with Gasteiger partial charge in [0, 0.05) is 11.7 Å². The normalized spacial score (nSPS) is 15.5. The maximum Gasteiger partial charge on any atom is 0.228 e. The zero-order valence-corrected chi connectivity index (χ0v) is 9.63. The van der Waals surface area contributed by atoms with Crippen LogP contribution in [0.3, 0.4) is 0 Å². The molecule has 1 atom stereocenters. The summed E-state index contributed by atoms with van der Waals surface area (Å²) in [5, 5.41) is 6.15. The third-order valence-electron chi connectivity index (χ3n) is 2.91. The first-order valence-corrected chi connectivity index (χ1v) is 5.59. The molecule has 0 aliphatic carbocycles. The van der Waals surface area contributed by atoms with Crippen LogP contribution in [0.25, 0.3) is 0 Å². The fourth-order valence-electron chi connectivity index (χ4n) is 1.79. The van der Waals surface area contributed by atoms with Gasteiger partial charge in [0.2, 0.25) is 5.91 Å². The monoisotopic (exact) mass is 219 g/mol. The lowest BCUT2D eigenvalue weighted by atomic mass is 10.1. The molecule has 0 saturated carbocycles. The number of benzene rings is 1. The van der Waals surface area contributed by atoms with Gasteiger partial charge >= 0.3 is 0 Å². The molecule has 1 unspecified atom stereocenters. The van der Waals surface area contributed by atoms with Gasteiger partial charge in [-0.2, -0.15) is 0 Å². The highest BCUT2D eigenvalue weighted by atomic mass is 16.1. The van der Waals surface area contributed by atoms with Gasteiger partial charge in [-0.15, -0.1) is 0 Å². The summed E-state index contributed by atoms with van der Waals surface area (Å²) in [5.41, 5.74) is 9.41. The molecule has 0 fully saturated rings. The third-order valence-corrected chi connectivity index (χ3v) is 2.91. The molecule has 1 aliphatic rings. The average Bonchev–Trinajstić information content (AvgIpc) is 2.58. The van der Waals surface area contributed by atoms with Crippen LogP contribution in [-0.4, -0.2) is 11.9 Å². The molecule has 4 N–H and O–H groups in total. The van der Waals surface area contributed by atoms with Gasteiger partial charge in [0.25, 0.3) is 0 Å². The fraction of sp³-hybridized carbons (Fsp3) is 0.417. The number of nitrogens with one attached hydrogen (secondary N) is 2. The standard InChI is InChI=1S/C12H17N3O/c1-3-7(2)14-11-6-10-8(4-9(11)13)5-12(16)15-10/h4,6-7,14H,3,5,13H2,1-2H3,(H,15,16). The summed E-state index contributed by atoms with van der Waals surface area (Å²) in [6.07, 6.45) is 1.46. The Labute approximate surface area is 95.2 Å². The highest BCUT2D eigenvalue weighted by molar-refractivity contribution is 6.00. The highest BCUT2D eigenvalue weighted by Gasteiger charge is 2.19. The number of carbonyl (C=O) groups is 1. The van der Waals surface area contributed by atoms with Crippen molar-refractivity contribution in [2.24, 2.45) is 0 Å². The smallest absolute Gasteiger partial charge is 0.228 e. The molecule has 0 saturated heterocycles. The summed E-state index contributed by atoms with van der Waals surface area (Å²) in [6.45, 7) is 4.22. The minimum Gasteiger partial charge on any atom is -0.397 e. The van der Waals surface area contributed by atoms with Crippen LogP contribution in [0.5, 0.6) is 0 Å². The Morgan fingerprint density at radius 2 is 2.31 bits per heavy atom. The quantitative estimate of drug-likeness (QED) is 0.681. The van der Waals surface area contributed by atoms with Crippen LogP contribution in [0.4, 0.5) is 17.1 Å². The summed E-state index contributed by atoms with van der Waals surface area (Å²) < 4.78 is 0. The molecule has 2 rings (SSSR count). The Morgan fingerprint density at radius 3 is 3.00 bits per heavy atom. The van der Waals surface area contributed by atoms with Gasteiger partial charge in [0.05, 0.1) is 17.8 Å². The number of anilines is 3. The van der Waals surface area contributed by atoms with Crippen molar-refractivity contribution in [3.05, 3.63) is 17.7 Å². The molecule has 1 amide bonds. The number of nitrogen functional groups attached to an aromatic ring is 1. The first kappa shape index (κ1) is 10.8. The number of amides is 1. The van der Waals surface area contributed by atoms with E-state index in [1.165, 1.54) is 0 Å². The van der Waals surface area contributed by atoms with Crippen molar-refractivity contribution in [1.29, 1.82) is 0 Å². The van der Waals surface area contributed by atoms with Crippen molar-refractivity contribution >= 4 is 23.0 Å². The molecule has 1 aromatic carbocycles. The number of rotatable bonds is 3. The molecular weight excluding hydrogens is 202 g/mol. The Hall–Kier alpha value is -1.71. The lowest BCUT2D eigenvalue weighted by molar-refractivity contribution is -0.115. The average molecular weight is 219 g/mol. The van der Waals surface area contributed by atoms with Crippen molar-refractivity contribution in [3.63, 3.8) is 0 Å². The molecule has 16 heavy (non-hydrogen) atoms. The topological polar surface area (TPSA) is 67.1 Å². The molecule has 4 nitrogen and oxygen atoms in total. The van der Waals surface area contributed by atoms with Crippen molar-refractivity contribution in [2.45, 2.75) is 32.7 Å². The molecule has 0 bridgehead atoms. The van der Waals surface area contributed by atoms with Gasteiger partial charge in [0.15, 0.2) is 0 Å². The Morgan fingerprint density at radius 1 is 1.56 bits per heavy atom. The largest absolute Gasteiger partial charge is 0.397 e. The summed E-state index contributed by atoms with van der Waals surface area (Å²) in [5.74, 6) is 0.0371. The summed E-state index contributed by atoms with van der Waals surface area (Å²) in [7, 11) is 0. The molecule has 4 heteroatoms. The number of fused-ring (bicyclic) bond motifs is 1. The van der Waals surface area contributed by atoms with Crippen molar-refractivity contribution in [1.82, 2.24) is 0 Å². The minimum absolute atomic E-state index is 0.0371. The van der Waals surface area contributed by atoms with E-state index in [0.717, 1.165) is 23.4 Å². The fourth-order valence-corrected chi connectivity index (χ4v) is 1.79. The van der Waals surface area contributed by atoms with Crippen molar-refractivity contribution < 1.29 is 4.79 Å². The van der Waals surface area contributed by atoms with Crippen LogP contribution in [0.15, 0.2) is 12.1 Å². The Balaban J connectivity index is 2.28. The maximum atomic E-state index is 11.2. The van der Waals surface area contributed by atoms with E-state index in [-0.39, 0.29) is 5.91 Å². The van der Waals surface area contributed by atoms with Crippen LogP contribution in [-0.2, 0) is 11.2 Å². The molecular formula is C12H17N3O. The van der Waals surface area contributed by atoms with Crippen LogP contribution >= 0.6 is 0 Å². The predicted molar refractivity (Wildman–Crippen MR) is 66.6 cm³/mol. The van der Waals surface area contributed by atoms with E-state index in [1.807, 2.05) is 12.1 Å². The molecule has 1 aromatic rings. The first-order valence-electron chi connectivity index (χ1n) is 5.59. The van der Waals surface area contributed by atoms with Crippen LogP contribution in [0.2, 0.25) is 0 Å². The summed E-state index contributed by atoms with van der Waals surface area (Å²) in [4.78, 5) is 11.2. The van der Waals surface area contributed by atoms with E-state index in [9.17, 15) is 4.79 Å². The van der Waals surface area contributed by atoms with Gasteiger partial charge in [-0.05, 0) is 31.0 Å². The zero-order valence-electron chi connectivity index (χ0n) is 9.63. The summed E-state index contributed by atoms with van der Waals surface area (Å²) >= 11 is 0. The predicted octanol–water partition coefficient (Wildman–Crippen LogP) is 1.97. The van der Waals surface area contributed by atoms with Crippen molar-refractivity contribution in [2.75, 3.05) is 16.4 Å². The highest BCUT2D eigenvalue weighted by Crippen LogP contribution is 2.31. The van der Waals surface area contributed by atoms with Crippen molar-refractivity contribution in [3.8, 4) is 0 Å². The molecule has 86 valence electrons. The number of carbonyl (C=O) groups excluding carboxylic acids is 1. The Kier molecular flexibility index (Phi) is 2.73.